The van der Waals surface area contributed by atoms with Crippen LogP contribution in [0.2, 0.25) is 0 Å². The van der Waals surface area contributed by atoms with Crippen molar-refractivity contribution < 1.29 is 9.90 Å². The highest BCUT2D eigenvalue weighted by Gasteiger charge is 2.38. The number of nitrogens with one attached hydrogen (secondary N) is 1. The summed E-state index contributed by atoms with van der Waals surface area (Å²) in [6.45, 7) is 4.48. The van der Waals surface area contributed by atoms with E-state index in [1.807, 2.05) is 12.1 Å². The number of carboxylic acid groups (broad SMARTS) is 1. The molecule has 0 bridgehead atoms. The first-order valence-electron chi connectivity index (χ1n) is 6.88. The van der Waals surface area contributed by atoms with E-state index in [0.29, 0.717) is 29.4 Å². The fourth-order valence-electron chi connectivity index (χ4n) is 3.43. The molecule has 0 saturated carbocycles. The van der Waals surface area contributed by atoms with Gasteiger partial charge in [0, 0.05) is 17.6 Å². The van der Waals surface area contributed by atoms with Gasteiger partial charge in [0.2, 0.25) is 0 Å². The molecule has 1 aromatic carbocycles. The van der Waals surface area contributed by atoms with Crippen molar-refractivity contribution in [3.63, 3.8) is 0 Å². The lowest BCUT2D eigenvalue weighted by molar-refractivity contribution is 0.0696. The number of allylic oxidation sites excluding steroid dienone is 2. The van der Waals surface area contributed by atoms with E-state index in [2.05, 4.69) is 31.3 Å². The van der Waals surface area contributed by atoms with E-state index in [1.165, 1.54) is 0 Å². The average molecular weight is 257 g/mol. The van der Waals surface area contributed by atoms with Crippen molar-refractivity contribution in [3.05, 3.63) is 41.5 Å². The number of carboxylic acids is 1. The minimum atomic E-state index is -0.854. The van der Waals surface area contributed by atoms with Crippen molar-refractivity contribution in [3.8, 4) is 0 Å². The van der Waals surface area contributed by atoms with Crippen LogP contribution in [0.3, 0.4) is 0 Å². The third-order valence-electron chi connectivity index (χ3n) is 4.37. The maximum Gasteiger partial charge on any atom is 0.335 e. The first-order chi connectivity index (χ1) is 9.08. The molecular formula is C16H19NO2. The molecule has 2 N–H and O–H groups in total. The van der Waals surface area contributed by atoms with Crippen molar-refractivity contribution in [2.45, 2.75) is 32.2 Å². The Labute approximate surface area is 113 Å². The second-order valence-corrected chi connectivity index (χ2v) is 5.87. The summed E-state index contributed by atoms with van der Waals surface area (Å²) in [6.07, 6.45) is 5.55. The van der Waals surface area contributed by atoms with Crippen molar-refractivity contribution in [1.82, 2.24) is 0 Å². The van der Waals surface area contributed by atoms with E-state index in [0.717, 1.165) is 17.7 Å². The number of fused-ring (bicyclic) bond motifs is 3. The number of hydrogen-bond acceptors (Lipinski definition) is 2. The van der Waals surface area contributed by atoms with Gasteiger partial charge in [0.05, 0.1) is 5.56 Å². The average Bonchev–Trinajstić information content (AvgIpc) is 2.86. The molecule has 0 spiro atoms. The first-order valence-corrected chi connectivity index (χ1v) is 6.88. The quantitative estimate of drug-likeness (QED) is 0.797. The van der Waals surface area contributed by atoms with Crippen LogP contribution in [0, 0.1) is 11.8 Å². The van der Waals surface area contributed by atoms with E-state index < -0.39 is 5.97 Å². The van der Waals surface area contributed by atoms with Crippen LogP contribution >= 0.6 is 0 Å². The van der Waals surface area contributed by atoms with Crippen LogP contribution in [-0.4, -0.2) is 17.1 Å². The molecule has 2 aliphatic rings. The van der Waals surface area contributed by atoms with Crippen LogP contribution in [0.15, 0.2) is 30.4 Å². The van der Waals surface area contributed by atoms with Crippen molar-refractivity contribution in [2.75, 3.05) is 5.32 Å². The monoisotopic (exact) mass is 257 g/mol. The van der Waals surface area contributed by atoms with Gasteiger partial charge in [-0.3, -0.25) is 0 Å². The molecule has 19 heavy (non-hydrogen) atoms. The molecular weight excluding hydrogens is 238 g/mol. The Morgan fingerprint density at radius 1 is 1.42 bits per heavy atom. The molecule has 3 rings (SSSR count). The molecule has 0 radical (unpaired) electrons. The number of carbonyl (C=O) groups is 1. The summed E-state index contributed by atoms with van der Waals surface area (Å²) in [7, 11) is 0. The molecule has 1 aliphatic heterocycles. The van der Waals surface area contributed by atoms with Crippen LogP contribution < -0.4 is 5.32 Å². The summed E-state index contributed by atoms with van der Waals surface area (Å²) in [6, 6.07) is 5.89. The zero-order chi connectivity index (χ0) is 13.6. The van der Waals surface area contributed by atoms with Gasteiger partial charge < -0.3 is 10.4 Å². The smallest absolute Gasteiger partial charge is 0.335 e. The van der Waals surface area contributed by atoms with Crippen LogP contribution in [0.4, 0.5) is 5.69 Å². The van der Waals surface area contributed by atoms with E-state index in [9.17, 15) is 4.79 Å². The van der Waals surface area contributed by atoms with Gasteiger partial charge in [-0.25, -0.2) is 4.79 Å². The van der Waals surface area contributed by atoms with E-state index in [1.54, 1.807) is 6.07 Å². The lowest BCUT2D eigenvalue weighted by Crippen LogP contribution is -2.39. The van der Waals surface area contributed by atoms with E-state index >= 15 is 0 Å². The van der Waals surface area contributed by atoms with Gasteiger partial charge >= 0.3 is 5.97 Å². The number of benzene rings is 1. The minimum Gasteiger partial charge on any atom is -0.478 e. The molecule has 3 heteroatoms. The van der Waals surface area contributed by atoms with Crippen LogP contribution in [0.5, 0.6) is 0 Å². The molecule has 0 aromatic heterocycles. The number of anilines is 1. The molecule has 0 unspecified atom stereocenters. The predicted octanol–water partition coefficient (Wildman–Crippen LogP) is 3.49. The first kappa shape index (κ1) is 12.3. The van der Waals surface area contributed by atoms with Gasteiger partial charge in [-0.1, -0.05) is 26.0 Å². The highest BCUT2D eigenvalue weighted by atomic mass is 16.4. The zero-order valence-corrected chi connectivity index (χ0v) is 11.3. The Kier molecular flexibility index (Phi) is 2.85. The summed E-state index contributed by atoms with van der Waals surface area (Å²) in [4.78, 5) is 11.1. The molecule has 0 saturated heterocycles. The van der Waals surface area contributed by atoms with Gasteiger partial charge in [-0.2, -0.15) is 0 Å². The van der Waals surface area contributed by atoms with Crippen molar-refractivity contribution >= 4 is 11.7 Å². The van der Waals surface area contributed by atoms with Gasteiger partial charge in [-0.15, -0.1) is 0 Å². The summed E-state index contributed by atoms with van der Waals surface area (Å²) < 4.78 is 0. The molecule has 100 valence electrons. The van der Waals surface area contributed by atoms with Gasteiger partial charge in [-0.05, 0) is 42.0 Å². The topological polar surface area (TPSA) is 49.3 Å². The second kappa shape index (κ2) is 4.41. The third kappa shape index (κ3) is 1.93. The molecule has 1 aromatic rings. The standard InChI is InChI=1S/C16H19NO2/c1-9(2)15-12-5-3-4-11(12)13-8-10(16(18)19)6-7-14(13)17-15/h3-4,6-9,11-12,15,17H,5H2,1-2H3,(H,18,19)/t11-,12+,15-/m0/s1. The summed E-state index contributed by atoms with van der Waals surface area (Å²) >= 11 is 0. The zero-order valence-electron chi connectivity index (χ0n) is 11.3. The fourth-order valence-corrected chi connectivity index (χ4v) is 3.43. The van der Waals surface area contributed by atoms with E-state index in [4.69, 9.17) is 5.11 Å². The highest BCUT2D eigenvalue weighted by molar-refractivity contribution is 5.88. The number of aromatic carboxylic acids is 1. The van der Waals surface area contributed by atoms with Gasteiger partial charge in [0.25, 0.3) is 0 Å². The fraction of sp³-hybridized carbons (Fsp3) is 0.438. The minimum absolute atomic E-state index is 0.364. The van der Waals surface area contributed by atoms with Crippen molar-refractivity contribution in [1.29, 1.82) is 0 Å². The maximum absolute atomic E-state index is 11.1. The Morgan fingerprint density at radius 2 is 2.21 bits per heavy atom. The van der Waals surface area contributed by atoms with Gasteiger partial charge in [0.15, 0.2) is 0 Å². The SMILES string of the molecule is CC(C)[C@@H]1Nc2ccc(C(=O)O)cc2[C@H]2C=CC[C@H]21. The van der Waals surface area contributed by atoms with Crippen LogP contribution in [-0.2, 0) is 0 Å². The number of hydrogen-bond donors (Lipinski definition) is 2. The van der Waals surface area contributed by atoms with Gasteiger partial charge in [0.1, 0.15) is 0 Å². The van der Waals surface area contributed by atoms with Crippen LogP contribution in [0.1, 0.15) is 42.1 Å². The third-order valence-corrected chi connectivity index (χ3v) is 4.37. The maximum atomic E-state index is 11.1. The Morgan fingerprint density at radius 3 is 2.89 bits per heavy atom. The molecule has 3 atom stereocenters. The largest absolute Gasteiger partial charge is 0.478 e. The van der Waals surface area contributed by atoms with Crippen molar-refractivity contribution in [2.24, 2.45) is 11.8 Å². The van der Waals surface area contributed by atoms with Crippen LogP contribution in [0.25, 0.3) is 0 Å². The Bertz CT molecular complexity index is 548. The number of rotatable bonds is 2. The second-order valence-electron chi connectivity index (χ2n) is 5.87. The lowest BCUT2D eigenvalue weighted by atomic mass is 9.75. The summed E-state index contributed by atoms with van der Waals surface area (Å²) in [5, 5.41) is 12.7. The molecule has 3 nitrogen and oxygen atoms in total. The molecule has 1 aliphatic carbocycles. The lowest BCUT2D eigenvalue weighted by Gasteiger charge is -2.39. The predicted molar refractivity (Wildman–Crippen MR) is 75.6 cm³/mol. The molecule has 0 fully saturated rings. The summed E-state index contributed by atoms with van der Waals surface area (Å²) in [5.74, 6) is 0.631. The Hall–Kier alpha value is -1.77. The Balaban J connectivity index is 2.05. The molecule has 0 amide bonds. The van der Waals surface area contributed by atoms with E-state index in [-0.39, 0.29) is 0 Å². The highest BCUT2D eigenvalue weighted by Crippen LogP contribution is 2.46. The normalized spacial score (nSPS) is 27.8. The summed E-state index contributed by atoms with van der Waals surface area (Å²) in [5.41, 5.74) is 2.61. The molecule has 1 heterocycles.